The highest BCUT2D eigenvalue weighted by atomic mass is 127. The Hall–Kier alpha value is -2.07. The number of benzene rings is 1. The van der Waals surface area contributed by atoms with E-state index in [2.05, 4.69) is 20.9 Å². The van der Waals surface area contributed by atoms with Crippen molar-refractivity contribution in [2.45, 2.75) is 52.7 Å². The number of hydrogen-bond donors (Lipinski definition) is 4. The molecule has 2 rings (SSSR count). The fraction of sp³-hybridized carbons (Fsp3) is 0.455. The molecule has 1 unspecified atom stereocenters. The first-order chi connectivity index (χ1) is 13.8. The van der Waals surface area contributed by atoms with E-state index in [4.69, 9.17) is 4.42 Å². The van der Waals surface area contributed by atoms with E-state index < -0.39 is 5.60 Å². The van der Waals surface area contributed by atoms with Crippen LogP contribution in [-0.2, 0) is 16.9 Å². The number of furan rings is 1. The summed E-state index contributed by atoms with van der Waals surface area (Å²) < 4.78 is 5.55. The molecule has 1 aromatic carbocycles. The number of rotatable bonds is 9. The van der Waals surface area contributed by atoms with Gasteiger partial charge in [-0.1, -0.05) is 19.1 Å². The van der Waals surface area contributed by atoms with Crippen LogP contribution in [0.5, 0.6) is 0 Å². The van der Waals surface area contributed by atoms with Gasteiger partial charge in [0.05, 0.1) is 13.1 Å². The third-order valence-electron chi connectivity index (χ3n) is 4.32. The molecule has 0 radical (unpaired) electrons. The molecule has 4 N–H and O–H groups in total. The Morgan fingerprint density at radius 3 is 2.60 bits per heavy atom. The van der Waals surface area contributed by atoms with E-state index in [1.54, 1.807) is 13.0 Å². The summed E-state index contributed by atoms with van der Waals surface area (Å²) in [4.78, 5) is 16.4. The number of aryl methyl sites for hydroxylation is 1. The van der Waals surface area contributed by atoms with Gasteiger partial charge in [0.1, 0.15) is 17.1 Å². The first-order valence-electron chi connectivity index (χ1n) is 10.0. The Morgan fingerprint density at radius 1 is 1.20 bits per heavy atom. The van der Waals surface area contributed by atoms with Gasteiger partial charge in [-0.3, -0.25) is 4.79 Å². The number of guanidine groups is 1. The molecule has 8 heteroatoms. The van der Waals surface area contributed by atoms with E-state index in [1.165, 1.54) is 0 Å². The number of carbonyl (C=O) groups is 1. The average Bonchev–Trinajstić information content (AvgIpc) is 3.12. The summed E-state index contributed by atoms with van der Waals surface area (Å²) in [6, 6.07) is 11.3. The predicted octanol–water partition coefficient (Wildman–Crippen LogP) is 3.91. The van der Waals surface area contributed by atoms with E-state index in [0.29, 0.717) is 31.2 Å². The molecule has 0 bridgehead atoms. The summed E-state index contributed by atoms with van der Waals surface area (Å²) >= 11 is 0. The van der Waals surface area contributed by atoms with Crippen molar-refractivity contribution in [3.8, 4) is 0 Å². The number of aliphatic imine (C=N–C) groups is 1. The van der Waals surface area contributed by atoms with Crippen LogP contribution in [-0.4, -0.2) is 30.1 Å². The molecule has 0 aliphatic rings. The van der Waals surface area contributed by atoms with Crippen LogP contribution in [0.4, 0.5) is 5.69 Å². The quantitative estimate of drug-likeness (QED) is 0.225. The number of nitrogens with zero attached hydrogens (tertiary/aromatic N) is 1. The second-order valence-corrected chi connectivity index (χ2v) is 7.23. The smallest absolute Gasteiger partial charge is 0.224 e. The predicted molar refractivity (Wildman–Crippen MR) is 131 cm³/mol. The maximum atomic E-state index is 11.8. The van der Waals surface area contributed by atoms with Crippen LogP contribution in [0, 0.1) is 6.92 Å². The number of anilines is 1. The Balaban J connectivity index is 0.00000450. The second kappa shape index (κ2) is 12.6. The van der Waals surface area contributed by atoms with Gasteiger partial charge < -0.3 is 25.5 Å². The molecule has 0 aliphatic heterocycles. The van der Waals surface area contributed by atoms with Crippen molar-refractivity contribution in [2.24, 2.45) is 4.99 Å². The topological polar surface area (TPSA) is 98.9 Å². The van der Waals surface area contributed by atoms with Crippen LogP contribution in [0.15, 0.2) is 45.8 Å². The minimum absolute atomic E-state index is 0. The van der Waals surface area contributed by atoms with Crippen molar-refractivity contribution in [1.29, 1.82) is 0 Å². The molecule has 7 nitrogen and oxygen atoms in total. The monoisotopic (exact) mass is 528 g/mol. The highest BCUT2D eigenvalue weighted by molar-refractivity contribution is 14.0. The molecule has 1 heterocycles. The van der Waals surface area contributed by atoms with Gasteiger partial charge in [0, 0.05) is 18.7 Å². The fourth-order valence-corrected chi connectivity index (χ4v) is 2.78. The lowest BCUT2D eigenvalue weighted by Crippen LogP contribution is -2.44. The summed E-state index contributed by atoms with van der Waals surface area (Å²) in [5, 5.41) is 19.9. The van der Waals surface area contributed by atoms with Gasteiger partial charge in [-0.25, -0.2) is 4.99 Å². The Labute approximate surface area is 195 Å². The summed E-state index contributed by atoms with van der Waals surface area (Å²) in [6.45, 7) is 8.88. The zero-order valence-corrected chi connectivity index (χ0v) is 20.4. The summed E-state index contributed by atoms with van der Waals surface area (Å²) in [5.74, 6) is 1.87. The van der Waals surface area contributed by atoms with Crippen LogP contribution in [0.2, 0.25) is 0 Å². The minimum atomic E-state index is -1.16. The molecule has 166 valence electrons. The number of carbonyl (C=O) groups excluding carboxylic acids is 1. The van der Waals surface area contributed by atoms with Crippen molar-refractivity contribution >= 4 is 41.5 Å². The molecular weight excluding hydrogens is 495 g/mol. The molecule has 2 aromatic rings. The normalized spacial score (nSPS) is 13.2. The molecule has 0 saturated heterocycles. The van der Waals surface area contributed by atoms with Gasteiger partial charge in [0.25, 0.3) is 0 Å². The number of amides is 1. The van der Waals surface area contributed by atoms with E-state index >= 15 is 0 Å². The first-order valence-corrected chi connectivity index (χ1v) is 10.0. The molecule has 30 heavy (non-hydrogen) atoms. The molecule has 0 saturated carbocycles. The average molecular weight is 528 g/mol. The minimum Gasteiger partial charge on any atom is -0.463 e. The van der Waals surface area contributed by atoms with Gasteiger partial charge in [-0.15, -0.1) is 24.0 Å². The highest BCUT2D eigenvalue weighted by Gasteiger charge is 2.27. The van der Waals surface area contributed by atoms with Crippen LogP contribution in [0.3, 0.4) is 0 Å². The molecule has 0 aliphatic carbocycles. The number of hydrogen-bond acceptors (Lipinski definition) is 4. The van der Waals surface area contributed by atoms with Crippen molar-refractivity contribution in [3.05, 3.63) is 53.5 Å². The maximum absolute atomic E-state index is 11.8. The number of aliphatic hydroxyl groups is 1. The Kier molecular flexibility index (Phi) is 10.9. The summed E-state index contributed by atoms with van der Waals surface area (Å²) in [7, 11) is 0. The largest absolute Gasteiger partial charge is 0.463 e. The molecular formula is C22H33IN4O3. The second-order valence-electron chi connectivity index (χ2n) is 7.23. The standard InChI is InChI=1S/C22H32N4O3.HI/c1-5-8-20(27)26-18-10-7-9-17(13-18)14-24-21(23-6-2)25-15-22(4,28)19-12-11-16(3)29-19;/h7,9-13,28H,5-6,8,14-15H2,1-4H3,(H,26,27)(H2,23,24,25);1H. The number of nitrogens with one attached hydrogen (secondary N) is 3. The molecule has 1 amide bonds. The maximum Gasteiger partial charge on any atom is 0.224 e. The zero-order chi connectivity index (χ0) is 21.3. The SMILES string of the molecule is CCCC(=O)Nc1cccc(CN=C(NCC)NCC(C)(O)c2ccc(C)o2)c1.I. The van der Waals surface area contributed by atoms with Crippen LogP contribution in [0.1, 0.15) is 50.7 Å². The van der Waals surface area contributed by atoms with Gasteiger partial charge in [0.2, 0.25) is 5.91 Å². The number of halogens is 1. The van der Waals surface area contributed by atoms with Crippen molar-refractivity contribution < 1.29 is 14.3 Å². The lowest BCUT2D eigenvalue weighted by Gasteiger charge is -2.22. The van der Waals surface area contributed by atoms with Crippen LogP contribution in [0.25, 0.3) is 0 Å². The highest BCUT2D eigenvalue weighted by Crippen LogP contribution is 2.21. The van der Waals surface area contributed by atoms with E-state index in [1.807, 2.05) is 51.1 Å². The Morgan fingerprint density at radius 2 is 1.97 bits per heavy atom. The van der Waals surface area contributed by atoms with E-state index in [9.17, 15) is 9.90 Å². The lowest BCUT2D eigenvalue weighted by atomic mass is 10.0. The molecule has 1 atom stereocenters. The van der Waals surface area contributed by atoms with Gasteiger partial charge in [-0.05, 0) is 57.0 Å². The third kappa shape index (κ3) is 8.35. The van der Waals surface area contributed by atoms with Crippen LogP contribution < -0.4 is 16.0 Å². The van der Waals surface area contributed by atoms with E-state index in [0.717, 1.165) is 23.4 Å². The Bertz CT molecular complexity index is 833. The fourth-order valence-electron chi connectivity index (χ4n) is 2.78. The van der Waals surface area contributed by atoms with Crippen LogP contribution >= 0.6 is 24.0 Å². The van der Waals surface area contributed by atoms with Crippen molar-refractivity contribution in [3.63, 3.8) is 0 Å². The van der Waals surface area contributed by atoms with Gasteiger partial charge in [-0.2, -0.15) is 0 Å². The molecule has 1 aromatic heterocycles. The van der Waals surface area contributed by atoms with Crippen molar-refractivity contribution in [2.75, 3.05) is 18.4 Å². The summed E-state index contributed by atoms with van der Waals surface area (Å²) in [5.41, 5.74) is 0.587. The summed E-state index contributed by atoms with van der Waals surface area (Å²) in [6.07, 6.45) is 1.32. The molecule has 0 spiro atoms. The lowest BCUT2D eigenvalue weighted by molar-refractivity contribution is -0.116. The van der Waals surface area contributed by atoms with Gasteiger partial charge >= 0.3 is 0 Å². The molecule has 0 fully saturated rings. The van der Waals surface area contributed by atoms with E-state index in [-0.39, 0.29) is 36.4 Å². The zero-order valence-electron chi connectivity index (χ0n) is 18.1. The van der Waals surface area contributed by atoms with Crippen molar-refractivity contribution in [1.82, 2.24) is 10.6 Å². The first kappa shape index (κ1) is 26.0. The third-order valence-corrected chi connectivity index (χ3v) is 4.32. The van der Waals surface area contributed by atoms with Gasteiger partial charge in [0.15, 0.2) is 5.96 Å².